The third-order valence-electron chi connectivity index (χ3n) is 20.5. The molecule has 0 heterocycles. The van der Waals surface area contributed by atoms with Gasteiger partial charge in [-0.25, -0.2) is 0 Å². The van der Waals surface area contributed by atoms with Crippen LogP contribution < -0.4 is 9.80 Å². The predicted octanol–water partition coefficient (Wildman–Crippen LogP) is 19.7. The van der Waals surface area contributed by atoms with Gasteiger partial charge in [-0.05, 0) is 210 Å². The van der Waals surface area contributed by atoms with Crippen molar-refractivity contribution in [2.45, 2.75) is 129 Å². The maximum atomic E-state index is 2.69. The third kappa shape index (κ3) is 6.50. The van der Waals surface area contributed by atoms with Crippen LogP contribution in [0.2, 0.25) is 0 Å². The summed E-state index contributed by atoms with van der Waals surface area (Å²) in [6.45, 7) is 24.1. The Labute approximate surface area is 462 Å². The number of allylic oxidation sites excluding steroid dienone is 8. The molecule has 7 aliphatic carbocycles. The minimum atomic E-state index is -0.114. The number of anilines is 4. The Bertz CT molecular complexity index is 4190. The van der Waals surface area contributed by atoms with E-state index in [0.717, 1.165) is 25.7 Å². The van der Waals surface area contributed by atoms with Gasteiger partial charge in [-0.1, -0.05) is 189 Å². The molecule has 384 valence electrons. The Morgan fingerprint density at radius 3 is 1.65 bits per heavy atom. The van der Waals surface area contributed by atoms with Gasteiger partial charge in [0, 0.05) is 44.4 Å². The van der Waals surface area contributed by atoms with Gasteiger partial charge in [-0.3, -0.25) is 0 Å². The first kappa shape index (κ1) is 47.5. The first-order valence-electron chi connectivity index (χ1n) is 28.9. The summed E-state index contributed by atoms with van der Waals surface area (Å²) in [7, 11) is 0. The second-order valence-corrected chi connectivity index (χ2v) is 25.9. The van der Waals surface area contributed by atoms with Crippen LogP contribution in [0.25, 0.3) is 49.4 Å². The average molecular weight is 1010 g/mol. The van der Waals surface area contributed by atoms with Gasteiger partial charge in [0.1, 0.15) is 0 Å². The number of fused-ring (bicyclic) bond motifs is 12. The van der Waals surface area contributed by atoms with E-state index in [1.807, 2.05) is 0 Å². The van der Waals surface area contributed by atoms with Crippen molar-refractivity contribution < 1.29 is 0 Å². The molecule has 2 atom stereocenters. The maximum absolute atomic E-state index is 2.69. The van der Waals surface area contributed by atoms with E-state index in [4.69, 9.17) is 0 Å². The predicted molar refractivity (Wildman–Crippen MR) is 332 cm³/mol. The normalized spacial score (nSPS) is 20.8. The molecule has 8 aromatic rings. The van der Waals surface area contributed by atoms with Crippen LogP contribution in [-0.4, -0.2) is 12.1 Å². The molecule has 7 aliphatic rings. The van der Waals surface area contributed by atoms with Crippen molar-refractivity contribution in [3.8, 4) is 11.1 Å². The van der Waals surface area contributed by atoms with Crippen molar-refractivity contribution >= 4 is 61.0 Å². The standard InChI is InChI=1S/C76H70N2/c1-45-53-33-27-47(77(49-29-35-59-55-19-11-15-23-65(55)73(3,4)69(59)41-49)50-30-36-60-56-20-12-16-24-66(56)74(5,6)70(60)42-50)39-63(53)46(2)64-40-48(28-34-54(45)64)78(51-31-37-61-57-21-13-17-25-67(57)75(7,8)71(61)43-51)52-32-38-62-58-22-14-18-26-68(58)76(9,10)72(62)44-52/h11-13,15-21,23-30,32-41,43-44,50-51H,14,22,31,42H2,1-10H3. The van der Waals surface area contributed by atoms with Crippen LogP contribution in [0.15, 0.2) is 199 Å². The fourth-order valence-corrected chi connectivity index (χ4v) is 16.2. The monoisotopic (exact) mass is 1010 g/mol. The Balaban J connectivity index is 0.884. The van der Waals surface area contributed by atoms with Crippen LogP contribution >= 0.6 is 0 Å². The molecular formula is C76H70N2. The first-order chi connectivity index (χ1) is 37.5. The summed E-state index contributed by atoms with van der Waals surface area (Å²) in [6.07, 6.45) is 19.0. The molecule has 15 rings (SSSR count). The molecule has 0 N–H and O–H groups in total. The fourth-order valence-electron chi connectivity index (χ4n) is 16.2. The molecule has 0 bridgehead atoms. The minimum Gasteiger partial charge on any atom is -0.334 e. The SMILES string of the molecule is Cc1c2ccc(N(c3ccc4c(c3)C(C)(C)C3=C4CCC=C3)C3C=C4C(=CC3)c3ccccc3C4(C)C)cc2c(C)c2cc(N(c3ccc4c(c3)C(C)(C)c3ccccc3-4)C3C=CC4=C(C3)C(C)(C)c3ccccc34)ccc12. The van der Waals surface area contributed by atoms with E-state index in [1.165, 1.54) is 144 Å². The summed E-state index contributed by atoms with van der Waals surface area (Å²) in [6, 6.07) is 57.0. The zero-order valence-electron chi connectivity index (χ0n) is 47.2. The van der Waals surface area contributed by atoms with Gasteiger partial charge in [-0.15, -0.1) is 0 Å². The molecular weight excluding hydrogens is 941 g/mol. The second kappa shape index (κ2) is 16.4. The molecule has 2 unspecified atom stereocenters. The Hall–Kier alpha value is -7.68. The highest BCUT2D eigenvalue weighted by atomic mass is 15.2. The highest BCUT2D eigenvalue weighted by molar-refractivity contribution is 6.08. The van der Waals surface area contributed by atoms with Gasteiger partial charge in [0.2, 0.25) is 0 Å². The van der Waals surface area contributed by atoms with E-state index in [2.05, 4.69) is 261 Å². The summed E-state index contributed by atoms with van der Waals surface area (Å²) in [5, 5.41) is 5.27. The van der Waals surface area contributed by atoms with Crippen molar-refractivity contribution in [1.29, 1.82) is 0 Å². The lowest BCUT2D eigenvalue weighted by molar-refractivity contribution is 0.585. The van der Waals surface area contributed by atoms with Crippen LogP contribution in [0.1, 0.15) is 137 Å². The van der Waals surface area contributed by atoms with Gasteiger partial charge in [0.25, 0.3) is 0 Å². The Kier molecular flexibility index (Phi) is 10.0. The quantitative estimate of drug-likeness (QED) is 0.153. The number of aryl methyl sites for hydroxylation is 2. The molecule has 0 radical (unpaired) electrons. The van der Waals surface area contributed by atoms with Crippen LogP contribution in [0, 0.1) is 13.8 Å². The van der Waals surface area contributed by atoms with Crippen molar-refractivity contribution in [2.24, 2.45) is 0 Å². The lowest BCUT2D eigenvalue weighted by atomic mass is 9.77. The van der Waals surface area contributed by atoms with E-state index < -0.39 is 0 Å². The molecule has 2 nitrogen and oxygen atoms in total. The van der Waals surface area contributed by atoms with Gasteiger partial charge < -0.3 is 9.80 Å². The average Bonchev–Trinajstić information content (AvgIpc) is 4.23. The molecule has 0 fully saturated rings. The van der Waals surface area contributed by atoms with E-state index in [9.17, 15) is 0 Å². The largest absolute Gasteiger partial charge is 0.334 e. The summed E-state index contributed by atoms with van der Waals surface area (Å²) in [5.41, 5.74) is 30.2. The topological polar surface area (TPSA) is 6.48 Å². The highest BCUT2D eigenvalue weighted by Gasteiger charge is 2.44. The van der Waals surface area contributed by atoms with Gasteiger partial charge >= 0.3 is 0 Å². The minimum absolute atomic E-state index is 0.0572. The summed E-state index contributed by atoms with van der Waals surface area (Å²) in [4.78, 5) is 5.36. The number of benzene rings is 8. The van der Waals surface area contributed by atoms with Gasteiger partial charge in [0.05, 0.1) is 12.1 Å². The Morgan fingerprint density at radius 2 is 0.974 bits per heavy atom. The first-order valence-corrected chi connectivity index (χ1v) is 28.9. The summed E-state index contributed by atoms with van der Waals surface area (Å²) >= 11 is 0. The molecule has 0 saturated heterocycles. The lowest BCUT2D eigenvalue weighted by Gasteiger charge is -2.38. The highest BCUT2D eigenvalue weighted by Crippen LogP contribution is 2.57. The van der Waals surface area contributed by atoms with Crippen LogP contribution in [-0.2, 0) is 21.7 Å². The van der Waals surface area contributed by atoms with E-state index in [0.29, 0.717) is 0 Å². The van der Waals surface area contributed by atoms with Crippen LogP contribution in [0.3, 0.4) is 0 Å². The molecule has 0 aromatic heterocycles. The van der Waals surface area contributed by atoms with E-state index in [-0.39, 0.29) is 33.7 Å². The molecule has 0 saturated carbocycles. The molecule has 8 aromatic carbocycles. The van der Waals surface area contributed by atoms with Gasteiger partial charge in [0.15, 0.2) is 0 Å². The maximum Gasteiger partial charge on any atom is 0.0563 e. The van der Waals surface area contributed by atoms with E-state index in [1.54, 1.807) is 0 Å². The van der Waals surface area contributed by atoms with Crippen LogP contribution in [0.5, 0.6) is 0 Å². The Morgan fingerprint density at radius 1 is 0.449 bits per heavy atom. The van der Waals surface area contributed by atoms with Crippen molar-refractivity contribution in [2.75, 3.05) is 9.80 Å². The molecule has 0 amide bonds. The molecule has 0 spiro atoms. The zero-order valence-corrected chi connectivity index (χ0v) is 47.2. The van der Waals surface area contributed by atoms with Crippen molar-refractivity contribution in [1.82, 2.24) is 0 Å². The third-order valence-corrected chi connectivity index (χ3v) is 20.5. The number of hydrogen-bond donors (Lipinski definition) is 0. The summed E-state index contributed by atoms with van der Waals surface area (Å²) in [5.74, 6) is 0. The van der Waals surface area contributed by atoms with E-state index >= 15 is 0 Å². The molecule has 78 heavy (non-hydrogen) atoms. The zero-order chi connectivity index (χ0) is 53.4. The van der Waals surface area contributed by atoms with Crippen LogP contribution in [0.4, 0.5) is 22.7 Å². The fraction of sp³-hybridized carbons (Fsp3) is 0.263. The van der Waals surface area contributed by atoms with Crippen molar-refractivity contribution in [3.05, 3.63) is 254 Å². The summed E-state index contributed by atoms with van der Waals surface area (Å²) < 4.78 is 0. The van der Waals surface area contributed by atoms with Crippen molar-refractivity contribution in [3.63, 3.8) is 0 Å². The van der Waals surface area contributed by atoms with Gasteiger partial charge in [-0.2, -0.15) is 0 Å². The lowest BCUT2D eigenvalue weighted by Crippen LogP contribution is -2.33. The molecule has 0 aliphatic heterocycles. The number of hydrogen-bond acceptors (Lipinski definition) is 2. The smallest absolute Gasteiger partial charge is 0.0563 e. The number of nitrogens with zero attached hydrogens (tertiary/aromatic N) is 2. The number of rotatable bonds is 6. The molecule has 2 heteroatoms. The second-order valence-electron chi connectivity index (χ2n) is 25.9.